The van der Waals surface area contributed by atoms with Gasteiger partial charge in [-0.1, -0.05) is 20.8 Å². The lowest BCUT2D eigenvalue weighted by Gasteiger charge is -2.32. The van der Waals surface area contributed by atoms with Crippen LogP contribution in [0.1, 0.15) is 33.6 Å². The maximum Gasteiger partial charge on any atom is 0.0564 e. The zero-order valence-electron chi connectivity index (χ0n) is 9.16. The van der Waals surface area contributed by atoms with Crippen LogP contribution in [0.15, 0.2) is 0 Å². The molecule has 0 bridgehead atoms. The fourth-order valence-corrected chi connectivity index (χ4v) is 1.72. The van der Waals surface area contributed by atoms with Crippen molar-refractivity contribution >= 4 is 0 Å². The summed E-state index contributed by atoms with van der Waals surface area (Å²) in [6.45, 7) is 10.2. The van der Waals surface area contributed by atoms with Gasteiger partial charge in [-0.05, 0) is 24.7 Å². The molecule has 13 heavy (non-hydrogen) atoms. The highest BCUT2D eigenvalue weighted by Gasteiger charge is 2.19. The number of likely N-dealkylation sites (tertiary alicyclic amines) is 1. The third-order valence-electron chi connectivity index (χ3n) is 3.24. The van der Waals surface area contributed by atoms with E-state index < -0.39 is 0 Å². The third kappa shape index (κ3) is 3.65. The Labute approximate surface area is 81.9 Å². The average Bonchev–Trinajstić information content (AvgIpc) is 2.08. The molecule has 0 saturated carbocycles. The van der Waals surface area contributed by atoms with Crippen LogP contribution in [0.25, 0.3) is 0 Å². The van der Waals surface area contributed by atoms with E-state index in [4.69, 9.17) is 0 Å². The Kier molecular flexibility index (Phi) is 4.20. The second kappa shape index (κ2) is 4.97. The minimum absolute atomic E-state index is 0.0365. The van der Waals surface area contributed by atoms with Crippen molar-refractivity contribution in [1.29, 1.82) is 0 Å². The number of rotatable bonds is 3. The maximum absolute atomic E-state index is 9.34. The van der Waals surface area contributed by atoms with Crippen molar-refractivity contribution in [2.24, 2.45) is 11.8 Å². The molecule has 2 heteroatoms. The number of hydrogen-bond acceptors (Lipinski definition) is 2. The number of nitrogens with zero attached hydrogens (tertiary/aromatic N) is 1. The van der Waals surface area contributed by atoms with Gasteiger partial charge in [0.05, 0.1) is 6.10 Å². The highest BCUT2D eigenvalue weighted by molar-refractivity contribution is 4.73. The minimum Gasteiger partial charge on any atom is -0.393 e. The fraction of sp³-hybridized carbons (Fsp3) is 1.00. The molecular weight excluding hydrogens is 162 g/mol. The number of piperidine rings is 1. The lowest BCUT2D eigenvalue weighted by molar-refractivity contribution is 0.0722. The first-order valence-electron chi connectivity index (χ1n) is 5.50. The smallest absolute Gasteiger partial charge is 0.0564 e. The van der Waals surface area contributed by atoms with Gasteiger partial charge in [0.15, 0.2) is 0 Å². The van der Waals surface area contributed by atoms with Gasteiger partial charge in [-0.3, -0.25) is 0 Å². The van der Waals surface area contributed by atoms with Crippen molar-refractivity contribution in [1.82, 2.24) is 4.90 Å². The molecule has 0 aromatic carbocycles. The van der Waals surface area contributed by atoms with Crippen LogP contribution in [0, 0.1) is 11.8 Å². The quantitative estimate of drug-likeness (QED) is 0.724. The van der Waals surface area contributed by atoms with Crippen molar-refractivity contribution in [3.05, 3.63) is 0 Å². The molecule has 1 aliphatic heterocycles. The molecule has 78 valence electrons. The zero-order valence-corrected chi connectivity index (χ0v) is 9.16. The Bertz CT molecular complexity index is 139. The summed E-state index contributed by atoms with van der Waals surface area (Å²) in [6.07, 6.45) is 1.89. The monoisotopic (exact) mass is 185 g/mol. The van der Waals surface area contributed by atoms with Gasteiger partial charge in [-0.25, -0.2) is 0 Å². The molecule has 0 radical (unpaired) electrons. The van der Waals surface area contributed by atoms with E-state index in [2.05, 4.69) is 25.7 Å². The molecule has 2 nitrogen and oxygen atoms in total. The van der Waals surface area contributed by atoms with Crippen LogP contribution in [-0.2, 0) is 0 Å². The summed E-state index contributed by atoms with van der Waals surface area (Å²) in [5.74, 6) is 1.54. The van der Waals surface area contributed by atoms with Gasteiger partial charge in [0, 0.05) is 19.6 Å². The summed E-state index contributed by atoms with van der Waals surface area (Å²) in [6, 6.07) is 0. The van der Waals surface area contributed by atoms with Gasteiger partial charge in [0.1, 0.15) is 0 Å². The van der Waals surface area contributed by atoms with E-state index in [0.717, 1.165) is 37.8 Å². The Balaban J connectivity index is 2.22. The molecule has 1 heterocycles. The summed E-state index contributed by atoms with van der Waals surface area (Å²) in [5, 5.41) is 9.34. The SMILES string of the molecule is CC(C)C(C)CN1CCC(O)CC1. The molecule has 1 N–H and O–H groups in total. The van der Waals surface area contributed by atoms with Gasteiger partial charge in [-0.2, -0.15) is 0 Å². The summed E-state index contributed by atoms with van der Waals surface area (Å²) < 4.78 is 0. The molecule has 1 unspecified atom stereocenters. The largest absolute Gasteiger partial charge is 0.393 e. The lowest BCUT2D eigenvalue weighted by atomic mass is 9.96. The highest BCUT2D eigenvalue weighted by Crippen LogP contribution is 2.15. The lowest BCUT2D eigenvalue weighted by Crippen LogP contribution is -2.39. The molecule has 0 amide bonds. The first kappa shape index (κ1) is 11.0. The van der Waals surface area contributed by atoms with Crippen LogP contribution in [0.5, 0.6) is 0 Å². The van der Waals surface area contributed by atoms with Crippen molar-refractivity contribution in [2.45, 2.75) is 39.7 Å². The third-order valence-corrected chi connectivity index (χ3v) is 3.24. The Morgan fingerprint density at radius 1 is 1.23 bits per heavy atom. The summed E-state index contributed by atoms with van der Waals surface area (Å²) in [5.41, 5.74) is 0. The van der Waals surface area contributed by atoms with Crippen LogP contribution in [0.2, 0.25) is 0 Å². The molecule has 0 aromatic rings. The first-order chi connectivity index (χ1) is 6.09. The summed E-state index contributed by atoms with van der Waals surface area (Å²) >= 11 is 0. The molecule has 1 saturated heterocycles. The van der Waals surface area contributed by atoms with Gasteiger partial charge >= 0.3 is 0 Å². The number of hydrogen-bond donors (Lipinski definition) is 1. The molecule has 1 aliphatic rings. The second-order valence-electron chi connectivity index (χ2n) is 4.75. The predicted molar refractivity (Wildman–Crippen MR) is 55.7 cm³/mol. The van der Waals surface area contributed by atoms with Gasteiger partial charge in [0.2, 0.25) is 0 Å². The van der Waals surface area contributed by atoms with E-state index in [1.807, 2.05) is 0 Å². The van der Waals surface area contributed by atoms with Crippen LogP contribution in [0.3, 0.4) is 0 Å². The second-order valence-corrected chi connectivity index (χ2v) is 4.75. The number of aliphatic hydroxyl groups is 1. The minimum atomic E-state index is -0.0365. The Morgan fingerprint density at radius 3 is 2.23 bits per heavy atom. The van der Waals surface area contributed by atoms with E-state index >= 15 is 0 Å². The van der Waals surface area contributed by atoms with Gasteiger partial charge < -0.3 is 10.0 Å². The first-order valence-corrected chi connectivity index (χ1v) is 5.50. The molecule has 1 rings (SSSR count). The normalized spacial score (nSPS) is 23.8. The van der Waals surface area contributed by atoms with Gasteiger partial charge in [-0.15, -0.1) is 0 Å². The van der Waals surface area contributed by atoms with Crippen molar-refractivity contribution in [3.8, 4) is 0 Å². The molecular formula is C11H23NO. The van der Waals surface area contributed by atoms with Crippen molar-refractivity contribution < 1.29 is 5.11 Å². The molecule has 1 fully saturated rings. The van der Waals surface area contributed by atoms with Gasteiger partial charge in [0.25, 0.3) is 0 Å². The van der Waals surface area contributed by atoms with E-state index in [1.54, 1.807) is 0 Å². The Morgan fingerprint density at radius 2 is 1.77 bits per heavy atom. The van der Waals surface area contributed by atoms with E-state index in [1.165, 1.54) is 6.54 Å². The van der Waals surface area contributed by atoms with Crippen molar-refractivity contribution in [2.75, 3.05) is 19.6 Å². The highest BCUT2D eigenvalue weighted by atomic mass is 16.3. The molecule has 0 aromatic heterocycles. The van der Waals surface area contributed by atoms with Crippen LogP contribution in [0.4, 0.5) is 0 Å². The maximum atomic E-state index is 9.34. The molecule has 0 spiro atoms. The van der Waals surface area contributed by atoms with Crippen molar-refractivity contribution in [3.63, 3.8) is 0 Å². The predicted octanol–water partition coefficient (Wildman–Crippen LogP) is 1.74. The van der Waals surface area contributed by atoms with E-state index in [0.29, 0.717) is 0 Å². The van der Waals surface area contributed by atoms with Crippen LogP contribution in [-0.4, -0.2) is 35.7 Å². The number of aliphatic hydroxyl groups excluding tert-OH is 1. The van der Waals surface area contributed by atoms with Crippen LogP contribution < -0.4 is 0 Å². The standard InChI is InChI=1S/C11H23NO/c1-9(2)10(3)8-12-6-4-11(13)5-7-12/h9-11,13H,4-8H2,1-3H3. The fourth-order valence-electron chi connectivity index (χ4n) is 1.72. The summed E-state index contributed by atoms with van der Waals surface area (Å²) in [4.78, 5) is 2.48. The average molecular weight is 185 g/mol. The molecule has 1 atom stereocenters. The topological polar surface area (TPSA) is 23.5 Å². The van der Waals surface area contributed by atoms with E-state index in [-0.39, 0.29) is 6.10 Å². The summed E-state index contributed by atoms with van der Waals surface area (Å²) in [7, 11) is 0. The molecule has 0 aliphatic carbocycles. The zero-order chi connectivity index (χ0) is 9.84. The Hall–Kier alpha value is -0.0800. The van der Waals surface area contributed by atoms with E-state index in [9.17, 15) is 5.11 Å². The van der Waals surface area contributed by atoms with Crippen LogP contribution >= 0.6 is 0 Å².